The molecular weight excluding hydrogens is 582 g/mol. The van der Waals surface area contributed by atoms with Gasteiger partial charge in [-0.3, -0.25) is 14.5 Å². The highest BCUT2D eigenvalue weighted by Gasteiger charge is 2.35. The van der Waals surface area contributed by atoms with Gasteiger partial charge in [0.15, 0.2) is 11.5 Å². The Morgan fingerprint density at radius 3 is 2.51 bits per heavy atom. The molecule has 0 aromatic heterocycles. The Bertz CT molecular complexity index is 1390. The lowest BCUT2D eigenvalue weighted by Gasteiger charge is -2.14. The molecule has 0 atom stereocenters. The number of ether oxygens (including phenoxy) is 3. The number of hydrogen-bond donors (Lipinski definition) is 0. The van der Waals surface area contributed by atoms with Crippen LogP contribution in [0.1, 0.15) is 28.4 Å². The Morgan fingerprint density at radius 2 is 1.84 bits per heavy atom. The van der Waals surface area contributed by atoms with Crippen LogP contribution < -0.4 is 14.2 Å². The molecule has 3 aromatic carbocycles. The smallest absolute Gasteiger partial charge is 0.343 e. The number of benzene rings is 3. The van der Waals surface area contributed by atoms with Gasteiger partial charge >= 0.3 is 5.97 Å². The number of carbonyl (C=O) groups is 3. The number of imide groups is 1. The van der Waals surface area contributed by atoms with Crippen molar-refractivity contribution in [2.24, 2.45) is 0 Å². The molecule has 1 aliphatic rings. The normalized spacial score (nSPS) is 14.3. The van der Waals surface area contributed by atoms with Gasteiger partial charge in [0.1, 0.15) is 5.75 Å². The average Bonchev–Trinajstić information content (AvgIpc) is 3.14. The number of esters is 1. The molecule has 0 radical (unpaired) electrons. The standard InChI is InChI=1S/C27H21BrClNO6S/c1-3-35-22-13-16(12-20(28)24(22)36-26(32)17-8-10-19(34-2)11-9-17)14-23-25(31)30(27(33)37-23)15-18-6-4-5-7-21(18)29/h4-14H,3,15H2,1-2H3/b23-14-. The molecule has 0 aliphatic carbocycles. The first-order valence-corrected chi connectivity index (χ1v) is 13.1. The minimum absolute atomic E-state index is 0.0792. The molecule has 190 valence electrons. The number of thioether (sulfide) groups is 1. The maximum absolute atomic E-state index is 13.0. The zero-order valence-electron chi connectivity index (χ0n) is 19.8. The van der Waals surface area contributed by atoms with Gasteiger partial charge in [0, 0.05) is 5.02 Å². The number of methoxy groups -OCH3 is 1. The van der Waals surface area contributed by atoms with Gasteiger partial charge in [-0.15, -0.1) is 0 Å². The summed E-state index contributed by atoms with van der Waals surface area (Å²) in [5.41, 5.74) is 1.60. The van der Waals surface area contributed by atoms with E-state index < -0.39 is 11.9 Å². The molecule has 0 N–H and O–H groups in total. The van der Waals surface area contributed by atoms with Gasteiger partial charge in [0.05, 0.1) is 35.2 Å². The SMILES string of the molecule is CCOc1cc(/C=C2\SC(=O)N(Cc3ccccc3Cl)C2=O)cc(Br)c1OC(=O)c1ccc(OC)cc1. The molecule has 37 heavy (non-hydrogen) atoms. The van der Waals surface area contributed by atoms with E-state index in [9.17, 15) is 14.4 Å². The molecule has 7 nitrogen and oxygen atoms in total. The van der Waals surface area contributed by atoms with Crippen molar-refractivity contribution in [1.29, 1.82) is 0 Å². The summed E-state index contributed by atoms with van der Waals surface area (Å²) in [6.45, 7) is 2.20. The zero-order valence-corrected chi connectivity index (χ0v) is 23.0. The van der Waals surface area contributed by atoms with Crippen LogP contribution in [-0.2, 0) is 11.3 Å². The van der Waals surface area contributed by atoms with Crippen LogP contribution in [0.15, 0.2) is 70.0 Å². The molecule has 1 fully saturated rings. The van der Waals surface area contributed by atoms with Crippen molar-refractivity contribution in [1.82, 2.24) is 4.90 Å². The fraction of sp³-hybridized carbons (Fsp3) is 0.148. The quantitative estimate of drug-likeness (QED) is 0.157. The minimum atomic E-state index is -0.572. The Morgan fingerprint density at radius 1 is 1.11 bits per heavy atom. The predicted octanol–water partition coefficient (Wildman–Crippen LogP) is 6.97. The van der Waals surface area contributed by atoms with Gasteiger partial charge in [-0.25, -0.2) is 4.79 Å². The number of rotatable bonds is 8. The van der Waals surface area contributed by atoms with Crippen LogP contribution in [0, 0.1) is 0 Å². The second-order valence-electron chi connectivity index (χ2n) is 7.74. The maximum atomic E-state index is 13.0. The van der Waals surface area contributed by atoms with E-state index in [1.165, 1.54) is 0 Å². The molecule has 4 rings (SSSR count). The monoisotopic (exact) mass is 601 g/mol. The summed E-state index contributed by atoms with van der Waals surface area (Å²) in [6, 6.07) is 16.9. The highest BCUT2D eigenvalue weighted by Crippen LogP contribution is 2.40. The number of halogens is 2. The molecule has 3 aromatic rings. The first kappa shape index (κ1) is 26.8. The van der Waals surface area contributed by atoms with Crippen LogP contribution in [0.3, 0.4) is 0 Å². The lowest BCUT2D eigenvalue weighted by atomic mass is 10.1. The molecule has 1 heterocycles. The zero-order chi connectivity index (χ0) is 26.5. The summed E-state index contributed by atoms with van der Waals surface area (Å²) < 4.78 is 16.9. The molecular formula is C27H21BrClNO6S. The van der Waals surface area contributed by atoms with Crippen LogP contribution in [0.2, 0.25) is 5.02 Å². The highest BCUT2D eigenvalue weighted by molar-refractivity contribution is 9.10. The number of hydrogen-bond acceptors (Lipinski definition) is 7. The molecule has 0 spiro atoms. The van der Waals surface area contributed by atoms with E-state index in [4.69, 9.17) is 25.8 Å². The first-order valence-electron chi connectivity index (χ1n) is 11.1. The maximum Gasteiger partial charge on any atom is 0.343 e. The fourth-order valence-corrected chi connectivity index (χ4v) is 5.07. The Kier molecular flexibility index (Phi) is 8.58. The summed E-state index contributed by atoms with van der Waals surface area (Å²) in [5.74, 6) is 0.136. The van der Waals surface area contributed by atoms with Crippen LogP contribution in [0.25, 0.3) is 6.08 Å². The van der Waals surface area contributed by atoms with Crippen molar-refractivity contribution in [2.45, 2.75) is 13.5 Å². The fourth-order valence-electron chi connectivity index (χ4n) is 3.50. The van der Waals surface area contributed by atoms with E-state index in [1.54, 1.807) is 80.8 Å². The van der Waals surface area contributed by atoms with Crippen molar-refractivity contribution in [3.8, 4) is 17.2 Å². The summed E-state index contributed by atoms with van der Waals surface area (Å²) in [6.07, 6.45) is 1.60. The molecule has 2 amide bonds. The van der Waals surface area contributed by atoms with Crippen molar-refractivity contribution in [3.05, 3.63) is 91.8 Å². The molecule has 0 saturated carbocycles. The lowest BCUT2D eigenvalue weighted by Crippen LogP contribution is -2.27. The summed E-state index contributed by atoms with van der Waals surface area (Å²) in [4.78, 5) is 39.7. The first-order chi connectivity index (χ1) is 17.8. The number of amides is 2. The summed E-state index contributed by atoms with van der Waals surface area (Å²) >= 11 is 10.5. The second kappa shape index (κ2) is 11.9. The van der Waals surface area contributed by atoms with Crippen LogP contribution in [0.5, 0.6) is 17.2 Å². The topological polar surface area (TPSA) is 82.1 Å². The van der Waals surface area contributed by atoms with E-state index in [0.717, 1.165) is 16.7 Å². The van der Waals surface area contributed by atoms with Gasteiger partial charge in [0.25, 0.3) is 11.1 Å². The van der Waals surface area contributed by atoms with Crippen LogP contribution in [-0.4, -0.2) is 35.7 Å². The Hall–Kier alpha value is -3.27. The largest absolute Gasteiger partial charge is 0.497 e. The lowest BCUT2D eigenvalue weighted by molar-refractivity contribution is -0.123. The summed E-state index contributed by atoms with van der Waals surface area (Å²) in [7, 11) is 1.54. The van der Waals surface area contributed by atoms with Crippen LogP contribution >= 0.6 is 39.3 Å². The second-order valence-corrected chi connectivity index (χ2v) is 10.00. The van der Waals surface area contributed by atoms with E-state index in [-0.39, 0.29) is 22.4 Å². The average molecular weight is 603 g/mol. The molecule has 10 heteroatoms. The van der Waals surface area contributed by atoms with Gasteiger partial charge in [0.2, 0.25) is 0 Å². The number of nitrogens with zero attached hydrogens (tertiary/aromatic N) is 1. The van der Waals surface area contributed by atoms with E-state index in [0.29, 0.717) is 44.3 Å². The van der Waals surface area contributed by atoms with Crippen molar-refractivity contribution in [2.75, 3.05) is 13.7 Å². The van der Waals surface area contributed by atoms with Gasteiger partial charge < -0.3 is 14.2 Å². The third-order valence-electron chi connectivity index (χ3n) is 5.31. The van der Waals surface area contributed by atoms with E-state index >= 15 is 0 Å². The third-order valence-corrected chi connectivity index (χ3v) is 7.17. The van der Waals surface area contributed by atoms with E-state index in [1.807, 2.05) is 0 Å². The van der Waals surface area contributed by atoms with Gasteiger partial charge in [-0.2, -0.15) is 0 Å². The molecule has 1 aliphatic heterocycles. The highest BCUT2D eigenvalue weighted by atomic mass is 79.9. The van der Waals surface area contributed by atoms with Crippen LogP contribution in [0.4, 0.5) is 4.79 Å². The Balaban J connectivity index is 1.58. The van der Waals surface area contributed by atoms with Crippen molar-refractivity contribution in [3.63, 3.8) is 0 Å². The molecule has 0 unspecified atom stereocenters. The minimum Gasteiger partial charge on any atom is -0.497 e. The van der Waals surface area contributed by atoms with Crippen molar-refractivity contribution >= 4 is 62.5 Å². The molecule has 0 bridgehead atoms. The van der Waals surface area contributed by atoms with Crippen molar-refractivity contribution < 1.29 is 28.6 Å². The Labute approximate surface area is 231 Å². The number of carbonyl (C=O) groups excluding carboxylic acids is 3. The third kappa shape index (κ3) is 6.18. The predicted molar refractivity (Wildman–Crippen MR) is 146 cm³/mol. The summed E-state index contributed by atoms with van der Waals surface area (Å²) in [5, 5.41) is 0.0981. The van der Waals surface area contributed by atoms with Gasteiger partial charge in [-0.1, -0.05) is 29.8 Å². The van der Waals surface area contributed by atoms with Gasteiger partial charge in [-0.05, 0) is 94.3 Å². The van der Waals surface area contributed by atoms with E-state index in [2.05, 4.69) is 15.9 Å². The molecule has 1 saturated heterocycles.